The van der Waals surface area contributed by atoms with E-state index >= 15 is 0 Å². The zero-order valence-corrected chi connectivity index (χ0v) is 20.3. The highest BCUT2D eigenvalue weighted by Gasteiger charge is 2.28. The molecule has 2 aromatic heterocycles. The molecule has 1 amide bonds. The number of benzene rings is 1. The maximum Gasteiger partial charge on any atom is 0.257 e. The Labute approximate surface area is 196 Å². The van der Waals surface area contributed by atoms with Gasteiger partial charge >= 0.3 is 0 Å². The molecule has 0 saturated carbocycles. The maximum absolute atomic E-state index is 13.3. The highest BCUT2D eigenvalue weighted by atomic mass is 16.2. The molecule has 33 heavy (non-hydrogen) atoms. The van der Waals surface area contributed by atoms with Crippen molar-refractivity contribution in [3.8, 4) is 0 Å². The normalized spacial score (nSPS) is 16.0. The van der Waals surface area contributed by atoms with E-state index in [9.17, 15) is 4.79 Å². The number of rotatable bonds is 5. The minimum absolute atomic E-state index is 0.00939. The standard InChI is InChI=1S/C27H33N5O/c1-18-8-6-9-21(12-18)14-22-13-19(2)29-25(15-22)23-10-7-11-32(17-23)26(33)24-16-28-27(31(4)5)30-20(24)3/h6,8-9,12-13,15-16,23H,7,10-11,14,17H2,1-5H3. The van der Waals surface area contributed by atoms with Crippen molar-refractivity contribution in [3.63, 3.8) is 0 Å². The molecule has 3 heterocycles. The maximum atomic E-state index is 13.3. The third kappa shape index (κ3) is 5.38. The SMILES string of the molecule is Cc1cccc(Cc2cc(C)nc(C3CCCN(C(=O)c4cnc(N(C)C)nc4C)C3)c2)c1. The van der Waals surface area contributed by atoms with Crippen LogP contribution in [-0.2, 0) is 6.42 Å². The molecule has 1 saturated heterocycles. The van der Waals surface area contributed by atoms with Crippen molar-refractivity contribution in [2.24, 2.45) is 0 Å². The summed E-state index contributed by atoms with van der Waals surface area (Å²) in [6, 6.07) is 13.1. The summed E-state index contributed by atoms with van der Waals surface area (Å²) in [5.41, 5.74) is 7.28. The van der Waals surface area contributed by atoms with Crippen molar-refractivity contribution < 1.29 is 4.79 Å². The van der Waals surface area contributed by atoms with Crippen LogP contribution in [0.5, 0.6) is 0 Å². The lowest BCUT2D eigenvalue weighted by molar-refractivity contribution is 0.0704. The number of amides is 1. The molecule has 4 rings (SSSR count). The van der Waals surface area contributed by atoms with Crippen molar-refractivity contribution in [1.29, 1.82) is 0 Å². The van der Waals surface area contributed by atoms with Gasteiger partial charge in [-0.1, -0.05) is 29.8 Å². The lowest BCUT2D eigenvalue weighted by Crippen LogP contribution is -2.39. The second-order valence-corrected chi connectivity index (χ2v) is 9.36. The summed E-state index contributed by atoms with van der Waals surface area (Å²) in [7, 11) is 3.79. The van der Waals surface area contributed by atoms with Gasteiger partial charge in [0.1, 0.15) is 0 Å². The van der Waals surface area contributed by atoms with Crippen LogP contribution in [0.25, 0.3) is 0 Å². The number of pyridine rings is 1. The third-order valence-electron chi connectivity index (χ3n) is 6.25. The average Bonchev–Trinajstić information content (AvgIpc) is 2.78. The van der Waals surface area contributed by atoms with E-state index in [1.54, 1.807) is 6.20 Å². The molecule has 0 aliphatic carbocycles. The Kier molecular flexibility index (Phi) is 6.72. The lowest BCUT2D eigenvalue weighted by Gasteiger charge is -2.33. The van der Waals surface area contributed by atoms with Gasteiger partial charge in [0.2, 0.25) is 5.95 Å². The van der Waals surface area contributed by atoms with E-state index in [2.05, 4.69) is 60.2 Å². The van der Waals surface area contributed by atoms with Gasteiger partial charge in [-0.25, -0.2) is 9.97 Å². The minimum atomic E-state index is 0.00939. The van der Waals surface area contributed by atoms with Crippen molar-refractivity contribution in [2.45, 2.75) is 46.0 Å². The van der Waals surface area contributed by atoms with Crippen molar-refractivity contribution in [2.75, 3.05) is 32.1 Å². The Hall–Kier alpha value is -3.28. The lowest BCUT2D eigenvalue weighted by atomic mass is 9.92. The van der Waals surface area contributed by atoms with Crippen LogP contribution >= 0.6 is 0 Å². The largest absolute Gasteiger partial charge is 0.347 e. The predicted octanol–water partition coefficient (Wildman–Crippen LogP) is 4.47. The number of carbonyl (C=O) groups is 1. The van der Waals surface area contributed by atoms with Crippen LogP contribution in [0.15, 0.2) is 42.6 Å². The molecule has 3 aromatic rings. The van der Waals surface area contributed by atoms with E-state index < -0.39 is 0 Å². The first-order valence-corrected chi connectivity index (χ1v) is 11.6. The Morgan fingerprint density at radius 3 is 2.64 bits per heavy atom. The summed E-state index contributed by atoms with van der Waals surface area (Å²) >= 11 is 0. The highest BCUT2D eigenvalue weighted by molar-refractivity contribution is 5.95. The van der Waals surface area contributed by atoms with E-state index in [1.807, 2.05) is 30.8 Å². The molecule has 1 aliphatic heterocycles. The van der Waals surface area contributed by atoms with Crippen LogP contribution < -0.4 is 4.90 Å². The van der Waals surface area contributed by atoms with E-state index in [1.165, 1.54) is 16.7 Å². The number of piperidine rings is 1. The number of aromatic nitrogens is 3. The first-order valence-electron chi connectivity index (χ1n) is 11.6. The summed E-state index contributed by atoms with van der Waals surface area (Å²) in [4.78, 5) is 30.8. The van der Waals surface area contributed by atoms with Gasteiger partial charge in [-0.05, 0) is 63.3 Å². The molecule has 0 spiro atoms. The summed E-state index contributed by atoms with van der Waals surface area (Å²) in [5, 5.41) is 0. The van der Waals surface area contributed by atoms with Crippen LogP contribution in [0.1, 0.15) is 62.9 Å². The number of nitrogens with zero attached hydrogens (tertiary/aromatic N) is 5. The Bertz CT molecular complexity index is 1160. The van der Waals surface area contributed by atoms with Gasteiger partial charge in [0.15, 0.2) is 0 Å². The molecule has 172 valence electrons. The zero-order valence-electron chi connectivity index (χ0n) is 20.3. The number of anilines is 1. The second-order valence-electron chi connectivity index (χ2n) is 9.36. The first kappa shape index (κ1) is 22.9. The van der Waals surface area contributed by atoms with Gasteiger partial charge < -0.3 is 9.80 Å². The fourth-order valence-corrected chi connectivity index (χ4v) is 4.59. The van der Waals surface area contributed by atoms with Gasteiger partial charge in [-0.2, -0.15) is 0 Å². The number of hydrogen-bond acceptors (Lipinski definition) is 5. The monoisotopic (exact) mass is 443 g/mol. The van der Waals surface area contributed by atoms with Gasteiger partial charge in [0.25, 0.3) is 5.91 Å². The second kappa shape index (κ2) is 9.69. The predicted molar refractivity (Wildman–Crippen MR) is 132 cm³/mol. The molecule has 1 aliphatic rings. The number of aryl methyl sites for hydroxylation is 3. The van der Waals surface area contributed by atoms with Crippen molar-refractivity contribution in [1.82, 2.24) is 19.9 Å². The molecule has 0 N–H and O–H groups in total. The average molecular weight is 444 g/mol. The molecule has 1 fully saturated rings. The van der Waals surface area contributed by atoms with Crippen LogP contribution in [0, 0.1) is 20.8 Å². The van der Waals surface area contributed by atoms with Gasteiger partial charge in [0, 0.05) is 50.7 Å². The fourth-order valence-electron chi connectivity index (χ4n) is 4.59. The number of likely N-dealkylation sites (tertiary alicyclic amines) is 1. The Morgan fingerprint density at radius 2 is 1.91 bits per heavy atom. The summed E-state index contributed by atoms with van der Waals surface area (Å²) in [6.45, 7) is 7.49. The van der Waals surface area contributed by atoms with Crippen LogP contribution in [0.4, 0.5) is 5.95 Å². The first-order chi connectivity index (χ1) is 15.8. The van der Waals surface area contributed by atoms with Crippen LogP contribution in [0.3, 0.4) is 0 Å². The molecule has 6 nitrogen and oxygen atoms in total. The van der Waals surface area contributed by atoms with Crippen molar-refractivity contribution >= 4 is 11.9 Å². The Morgan fingerprint density at radius 1 is 1.09 bits per heavy atom. The molecular formula is C27H33N5O. The van der Waals surface area contributed by atoms with E-state index in [-0.39, 0.29) is 11.8 Å². The molecule has 1 aromatic carbocycles. The Balaban J connectivity index is 1.52. The highest BCUT2D eigenvalue weighted by Crippen LogP contribution is 2.28. The van der Waals surface area contributed by atoms with Crippen LogP contribution in [-0.4, -0.2) is 52.9 Å². The third-order valence-corrected chi connectivity index (χ3v) is 6.25. The number of carbonyl (C=O) groups excluding carboxylic acids is 1. The summed E-state index contributed by atoms with van der Waals surface area (Å²) < 4.78 is 0. The minimum Gasteiger partial charge on any atom is -0.347 e. The molecular weight excluding hydrogens is 410 g/mol. The van der Waals surface area contributed by atoms with E-state index in [0.717, 1.165) is 42.9 Å². The quantitative estimate of drug-likeness (QED) is 0.582. The van der Waals surface area contributed by atoms with E-state index in [0.29, 0.717) is 18.1 Å². The molecule has 0 radical (unpaired) electrons. The summed E-state index contributed by atoms with van der Waals surface area (Å²) in [6.07, 6.45) is 4.56. The van der Waals surface area contributed by atoms with E-state index in [4.69, 9.17) is 4.98 Å². The molecule has 1 unspecified atom stereocenters. The zero-order chi connectivity index (χ0) is 23.5. The van der Waals surface area contributed by atoms with Crippen molar-refractivity contribution in [3.05, 3.63) is 81.9 Å². The van der Waals surface area contributed by atoms with Crippen LogP contribution in [0.2, 0.25) is 0 Å². The number of hydrogen-bond donors (Lipinski definition) is 0. The molecule has 0 bridgehead atoms. The molecule has 1 atom stereocenters. The molecule has 6 heteroatoms. The smallest absolute Gasteiger partial charge is 0.257 e. The topological polar surface area (TPSA) is 62.2 Å². The van der Waals surface area contributed by atoms with Gasteiger partial charge in [-0.3, -0.25) is 9.78 Å². The fraction of sp³-hybridized carbons (Fsp3) is 0.407. The van der Waals surface area contributed by atoms with Gasteiger partial charge in [0.05, 0.1) is 11.3 Å². The summed E-state index contributed by atoms with van der Waals surface area (Å²) in [5.74, 6) is 0.863. The van der Waals surface area contributed by atoms with Gasteiger partial charge in [-0.15, -0.1) is 0 Å².